The Labute approximate surface area is 115 Å². The molecule has 1 nitrogen and oxygen atoms in total. The minimum atomic E-state index is 0.0994. The monoisotopic (exact) mass is 256 g/mol. The summed E-state index contributed by atoms with van der Waals surface area (Å²) in [6.45, 7) is 0. The molecule has 1 heteroatoms. The number of rotatable bonds is 0. The third-order valence-electron chi connectivity index (χ3n) is 7.63. The van der Waals surface area contributed by atoms with Gasteiger partial charge in [-0.2, -0.15) is 0 Å². The van der Waals surface area contributed by atoms with Crippen molar-refractivity contribution in [3.63, 3.8) is 0 Å². The molecule has 102 valence electrons. The molecule has 4 fully saturated rings. The second-order valence-corrected chi connectivity index (χ2v) is 8.27. The normalized spacial score (nSPS) is 58.0. The van der Waals surface area contributed by atoms with Crippen LogP contribution >= 0.6 is 0 Å². The molecule has 5 aliphatic carbocycles. The van der Waals surface area contributed by atoms with E-state index < -0.39 is 0 Å². The van der Waals surface area contributed by atoms with E-state index in [1.54, 1.807) is 0 Å². The first-order chi connectivity index (χ1) is 9.23. The predicted molar refractivity (Wildman–Crippen MR) is 74.5 cm³/mol. The maximum absolute atomic E-state index is 13.5. The largest absolute Gasteiger partial charge is 0.298 e. The molecule has 0 saturated heterocycles. The topological polar surface area (TPSA) is 17.1 Å². The molecule has 0 aliphatic heterocycles. The van der Waals surface area contributed by atoms with Crippen LogP contribution in [0.25, 0.3) is 0 Å². The van der Waals surface area contributed by atoms with Crippen LogP contribution in [0.1, 0.15) is 57.8 Å². The Balaban J connectivity index is 1.57. The second kappa shape index (κ2) is 3.35. The molecule has 0 aromatic heterocycles. The lowest BCUT2D eigenvalue weighted by Gasteiger charge is -2.49. The molecule has 5 aliphatic rings. The van der Waals surface area contributed by atoms with Gasteiger partial charge in [0.25, 0.3) is 0 Å². The lowest BCUT2D eigenvalue weighted by molar-refractivity contribution is -0.150. The van der Waals surface area contributed by atoms with Gasteiger partial charge in [0.15, 0.2) is 0 Å². The summed E-state index contributed by atoms with van der Waals surface area (Å²) in [6, 6.07) is 0. The highest BCUT2D eigenvalue weighted by Crippen LogP contribution is 2.67. The zero-order valence-electron chi connectivity index (χ0n) is 11.7. The molecule has 0 amide bonds. The Kier molecular flexibility index (Phi) is 1.96. The summed E-state index contributed by atoms with van der Waals surface area (Å²) in [4.78, 5) is 13.5. The first kappa shape index (κ1) is 11.1. The zero-order valence-corrected chi connectivity index (χ0v) is 11.7. The summed E-state index contributed by atoms with van der Waals surface area (Å²) in [7, 11) is 0. The van der Waals surface area contributed by atoms with Gasteiger partial charge in [0.2, 0.25) is 0 Å². The molecule has 2 spiro atoms. The van der Waals surface area contributed by atoms with Crippen molar-refractivity contribution in [3.05, 3.63) is 12.2 Å². The predicted octanol–water partition coefficient (Wildman–Crippen LogP) is 4.13. The molecule has 4 bridgehead atoms. The van der Waals surface area contributed by atoms with E-state index in [1.807, 2.05) is 0 Å². The van der Waals surface area contributed by atoms with Crippen LogP contribution in [0.4, 0.5) is 0 Å². The van der Waals surface area contributed by atoms with Crippen LogP contribution in [0.3, 0.4) is 0 Å². The van der Waals surface area contributed by atoms with Crippen LogP contribution in [0.5, 0.6) is 0 Å². The van der Waals surface area contributed by atoms with Crippen LogP contribution in [0, 0.1) is 34.5 Å². The van der Waals surface area contributed by atoms with Gasteiger partial charge in [-0.1, -0.05) is 25.0 Å². The van der Waals surface area contributed by atoms with Gasteiger partial charge < -0.3 is 0 Å². The fourth-order valence-electron chi connectivity index (χ4n) is 6.97. The van der Waals surface area contributed by atoms with Crippen molar-refractivity contribution in [2.75, 3.05) is 0 Å². The Morgan fingerprint density at radius 1 is 1.00 bits per heavy atom. The van der Waals surface area contributed by atoms with Crippen LogP contribution in [0.2, 0.25) is 0 Å². The van der Waals surface area contributed by atoms with E-state index in [0.29, 0.717) is 5.92 Å². The summed E-state index contributed by atoms with van der Waals surface area (Å²) < 4.78 is 0. The molecule has 6 unspecified atom stereocenters. The molecular formula is C18H24O. The number of Topliss-reactive ketones (excluding diaryl/α,β-unsaturated/α-hetero) is 1. The van der Waals surface area contributed by atoms with Gasteiger partial charge in [0, 0.05) is 10.8 Å². The van der Waals surface area contributed by atoms with Crippen molar-refractivity contribution >= 4 is 5.78 Å². The number of ketones is 1. The second-order valence-electron chi connectivity index (χ2n) is 8.27. The number of fused-ring (bicyclic) bond motifs is 6. The number of allylic oxidation sites excluding steroid dienone is 2. The van der Waals surface area contributed by atoms with E-state index in [-0.39, 0.29) is 10.8 Å². The minimum Gasteiger partial charge on any atom is -0.298 e. The molecule has 6 atom stereocenters. The van der Waals surface area contributed by atoms with Crippen LogP contribution < -0.4 is 0 Å². The summed E-state index contributed by atoms with van der Waals surface area (Å²) in [5, 5.41) is 0. The van der Waals surface area contributed by atoms with E-state index in [9.17, 15) is 4.79 Å². The van der Waals surface area contributed by atoms with Gasteiger partial charge in [-0.25, -0.2) is 0 Å². The Hall–Kier alpha value is -0.590. The number of hydrogen-bond acceptors (Lipinski definition) is 1. The van der Waals surface area contributed by atoms with Crippen LogP contribution in [0.15, 0.2) is 12.2 Å². The number of hydrogen-bond donors (Lipinski definition) is 0. The van der Waals surface area contributed by atoms with Crippen LogP contribution in [-0.2, 0) is 4.79 Å². The minimum absolute atomic E-state index is 0.0994. The molecular weight excluding hydrogens is 232 g/mol. The Morgan fingerprint density at radius 3 is 2.53 bits per heavy atom. The fourth-order valence-corrected chi connectivity index (χ4v) is 6.97. The molecule has 0 heterocycles. The molecule has 0 N–H and O–H groups in total. The summed E-state index contributed by atoms with van der Waals surface area (Å²) >= 11 is 0. The third-order valence-corrected chi connectivity index (χ3v) is 7.63. The fraction of sp³-hybridized carbons (Fsp3) is 0.833. The van der Waals surface area contributed by atoms with Crippen molar-refractivity contribution in [1.82, 2.24) is 0 Å². The Morgan fingerprint density at radius 2 is 1.89 bits per heavy atom. The lowest BCUT2D eigenvalue weighted by Crippen LogP contribution is -2.51. The van der Waals surface area contributed by atoms with Crippen LogP contribution in [-0.4, -0.2) is 5.78 Å². The molecule has 5 rings (SSSR count). The highest BCUT2D eigenvalue weighted by atomic mass is 16.1. The van der Waals surface area contributed by atoms with E-state index in [1.165, 1.54) is 57.8 Å². The molecule has 0 radical (unpaired) electrons. The number of carbonyl (C=O) groups is 1. The SMILES string of the molecule is O=C1C2(CCCC13CC1CCC3C1)CC1C=CC2C1. The van der Waals surface area contributed by atoms with Crippen molar-refractivity contribution in [3.8, 4) is 0 Å². The van der Waals surface area contributed by atoms with Gasteiger partial charge >= 0.3 is 0 Å². The Bertz CT molecular complexity index is 478. The highest BCUT2D eigenvalue weighted by molar-refractivity contribution is 5.93. The third kappa shape index (κ3) is 1.17. The summed E-state index contributed by atoms with van der Waals surface area (Å²) in [6.07, 6.45) is 16.5. The van der Waals surface area contributed by atoms with Crippen molar-refractivity contribution < 1.29 is 4.79 Å². The smallest absolute Gasteiger partial charge is 0.146 e. The quantitative estimate of drug-likeness (QED) is 0.596. The summed E-state index contributed by atoms with van der Waals surface area (Å²) in [5.74, 6) is 3.77. The van der Waals surface area contributed by atoms with E-state index in [4.69, 9.17) is 0 Å². The van der Waals surface area contributed by atoms with E-state index in [2.05, 4.69) is 12.2 Å². The van der Waals surface area contributed by atoms with Gasteiger partial charge in [0.1, 0.15) is 5.78 Å². The molecule has 0 aromatic carbocycles. The standard InChI is InChI=1S/C18H24O/c19-16-17(10-12-2-4-14(17)8-12)6-1-7-18(16)11-13-3-5-15(18)9-13/h2,4,12-15H,1,3,5-11H2. The molecule has 4 saturated carbocycles. The maximum Gasteiger partial charge on any atom is 0.146 e. The number of carbonyl (C=O) groups excluding carboxylic acids is 1. The molecule has 0 aromatic rings. The van der Waals surface area contributed by atoms with Gasteiger partial charge in [0.05, 0.1) is 0 Å². The van der Waals surface area contributed by atoms with Crippen molar-refractivity contribution in [2.24, 2.45) is 34.5 Å². The summed E-state index contributed by atoms with van der Waals surface area (Å²) in [5.41, 5.74) is 0.252. The van der Waals surface area contributed by atoms with Crippen molar-refractivity contribution in [2.45, 2.75) is 57.8 Å². The van der Waals surface area contributed by atoms with Gasteiger partial charge in [-0.05, 0) is 68.6 Å². The lowest BCUT2D eigenvalue weighted by atomic mass is 9.52. The van der Waals surface area contributed by atoms with Crippen molar-refractivity contribution in [1.29, 1.82) is 0 Å². The maximum atomic E-state index is 13.5. The van der Waals surface area contributed by atoms with E-state index >= 15 is 0 Å². The van der Waals surface area contributed by atoms with Gasteiger partial charge in [-0.3, -0.25) is 4.79 Å². The van der Waals surface area contributed by atoms with E-state index in [0.717, 1.165) is 23.5 Å². The average molecular weight is 256 g/mol. The highest BCUT2D eigenvalue weighted by Gasteiger charge is 2.65. The average Bonchev–Trinajstić information content (AvgIpc) is 3.15. The zero-order chi connectivity index (χ0) is 12.7. The van der Waals surface area contributed by atoms with Gasteiger partial charge in [-0.15, -0.1) is 0 Å². The first-order valence-corrected chi connectivity index (χ1v) is 8.46. The molecule has 19 heavy (non-hydrogen) atoms. The first-order valence-electron chi connectivity index (χ1n) is 8.46.